The van der Waals surface area contributed by atoms with Crippen LogP contribution in [0.2, 0.25) is 0 Å². The molecule has 0 saturated carbocycles. The van der Waals surface area contributed by atoms with E-state index >= 15 is 0 Å². The summed E-state index contributed by atoms with van der Waals surface area (Å²) in [5.74, 6) is 0. The van der Waals surface area contributed by atoms with Gasteiger partial charge in [-0.3, -0.25) is 4.79 Å². The van der Waals surface area contributed by atoms with Crippen LogP contribution in [0.25, 0.3) is 6.08 Å². The summed E-state index contributed by atoms with van der Waals surface area (Å²) in [6.45, 7) is 0. The van der Waals surface area contributed by atoms with E-state index in [1.807, 2.05) is 72.8 Å². The van der Waals surface area contributed by atoms with Crippen molar-refractivity contribution in [2.45, 2.75) is 0 Å². The molecule has 0 N–H and O–H groups in total. The highest BCUT2D eigenvalue weighted by Gasteiger charge is 2.18. The van der Waals surface area contributed by atoms with Crippen molar-refractivity contribution in [3.05, 3.63) is 102 Å². The number of hydrogen-bond donors (Lipinski definition) is 0. The van der Waals surface area contributed by atoms with Crippen molar-refractivity contribution in [3.8, 4) is 0 Å². The van der Waals surface area contributed by atoms with Crippen molar-refractivity contribution >= 4 is 30.9 Å². The molecule has 0 bridgehead atoms. The summed E-state index contributed by atoms with van der Waals surface area (Å²) in [6, 6.07) is 30.5. The Hall–Kier alpha value is -2.50. The molecule has 3 aromatic carbocycles. The topological polar surface area (TPSA) is 17.1 Å². The van der Waals surface area contributed by atoms with Gasteiger partial charge in [-0.25, -0.2) is 0 Å². The lowest BCUT2D eigenvalue weighted by atomic mass is 10.2. The van der Waals surface area contributed by atoms with Gasteiger partial charge in [0, 0.05) is 5.31 Å². The van der Waals surface area contributed by atoms with Gasteiger partial charge in [0.2, 0.25) is 0 Å². The normalized spacial score (nSPS) is 11.4. The molecule has 0 fully saturated rings. The van der Waals surface area contributed by atoms with Gasteiger partial charge in [0.05, 0.1) is 0 Å². The molecule has 23 heavy (non-hydrogen) atoms. The van der Waals surface area contributed by atoms with E-state index in [-0.39, 0.29) is 0 Å². The van der Waals surface area contributed by atoms with Crippen LogP contribution >= 0.6 is 7.92 Å². The predicted octanol–water partition coefficient (Wildman–Crippen LogP) is 4.36. The van der Waals surface area contributed by atoms with Crippen LogP contribution in [-0.4, -0.2) is 6.29 Å². The van der Waals surface area contributed by atoms with Crippen LogP contribution in [0.15, 0.2) is 96.3 Å². The van der Waals surface area contributed by atoms with Crippen molar-refractivity contribution in [2.75, 3.05) is 0 Å². The van der Waals surface area contributed by atoms with Crippen molar-refractivity contribution in [2.24, 2.45) is 0 Å². The summed E-state index contributed by atoms with van der Waals surface area (Å²) in [5, 5.41) is 3.19. The Kier molecular flexibility index (Phi) is 5.13. The Labute approximate surface area is 138 Å². The molecule has 0 aliphatic rings. The van der Waals surface area contributed by atoms with Gasteiger partial charge in [-0.1, -0.05) is 91.0 Å². The fourth-order valence-corrected chi connectivity index (χ4v) is 4.69. The van der Waals surface area contributed by atoms with Gasteiger partial charge in [-0.2, -0.15) is 0 Å². The van der Waals surface area contributed by atoms with Gasteiger partial charge in [-0.05, 0) is 30.2 Å². The van der Waals surface area contributed by atoms with Crippen LogP contribution in [0.4, 0.5) is 0 Å². The largest absolute Gasteiger partial charge is 0.298 e. The molecule has 3 aromatic rings. The molecule has 0 saturated heterocycles. The summed E-state index contributed by atoms with van der Waals surface area (Å²) in [7, 11) is -0.845. The van der Waals surface area contributed by atoms with Crippen LogP contribution in [0.1, 0.15) is 5.56 Å². The monoisotopic (exact) mass is 316 g/mol. The molecule has 0 aliphatic heterocycles. The Morgan fingerprint density at radius 1 is 0.652 bits per heavy atom. The van der Waals surface area contributed by atoms with Gasteiger partial charge in [-0.15, -0.1) is 0 Å². The molecule has 0 aromatic heterocycles. The molecular weight excluding hydrogens is 299 g/mol. The average molecular weight is 316 g/mol. The first-order chi connectivity index (χ1) is 11.4. The number of carbonyl (C=O) groups excluding carboxylic acids is 1. The second-order valence-corrected chi connectivity index (χ2v) is 7.32. The van der Waals surface area contributed by atoms with E-state index in [2.05, 4.69) is 24.3 Å². The van der Waals surface area contributed by atoms with Gasteiger partial charge in [0.15, 0.2) is 6.29 Å². The third-order valence-corrected chi connectivity index (χ3v) is 5.90. The Morgan fingerprint density at radius 2 is 1.09 bits per heavy atom. The minimum atomic E-state index is -0.845. The standard InChI is InChI=1S/C21H17OP/c22-17-21(16-18-10-4-1-5-11-18)23(19-12-6-2-7-13-19)20-14-8-3-9-15-20/h1-17H/b21-16+. The maximum absolute atomic E-state index is 11.8. The summed E-state index contributed by atoms with van der Waals surface area (Å²) < 4.78 is 0. The minimum Gasteiger partial charge on any atom is -0.298 e. The zero-order valence-corrected chi connectivity index (χ0v) is 13.6. The summed E-state index contributed by atoms with van der Waals surface area (Å²) in [6.07, 6.45) is 3.00. The fraction of sp³-hybridized carbons (Fsp3) is 0. The Morgan fingerprint density at radius 3 is 1.52 bits per heavy atom. The molecule has 0 spiro atoms. The van der Waals surface area contributed by atoms with E-state index in [0.717, 1.165) is 17.2 Å². The summed E-state index contributed by atoms with van der Waals surface area (Å²) in [4.78, 5) is 11.8. The first kappa shape index (κ1) is 15.4. The van der Waals surface area contributed by atoms with Crippen LogP contribution in [-0.2, 0) is 4.79 Å². The molecule has 3 rings (SSSR count). The smallest absolute Gasteiger partial charge is 0.151 e. The minimum absolute atomic E-state index is 0.823. The number of allylic oxidation sites excluding steroid dienone is 1. The molecule has 0 amide bonds. The maximum atomic E-state index is 11.8. The zero-order chi connectivity index (χ0) is 15.9. The highest BCUT2D eigenvalue weighted by molar-refractivity contribution is 7.77. The van der Waals surface area contributed by atoms with Crippen LogP contribution in [0, 0.1) is 0 Å². The van der Waals surface area contributed by atoms with E-state index in [4.69, 9.17) is 0 Å². The molecular formula is C21H17OP. The number of hydrogen-bond acceptors (Lipinski definition) is 1. The molecule has 0 aliphatic carbocycles. The zero-order valence-electron chi connectivity index (χ0n) is 12.7. The number of aldehydes is 1. The Bertz CT molecular complexity index is 740. The summed E-state index contributed by atoms with van der Waals surface area (Å²) >= 11 is 0. The highest BCUT2D eigenvalue weighted by Crippen LogP contribution is 2.42. The van der Waals surface area contributed by atoms with E-state index in [9.17, 15) is 4.79 Å². The average Bonchev–Trinajstić information content (AvgIpc) is 2.64. The second-order valence-electron chi connectivity index (χ2n) is 5.10. The first-order valence-corrected chi connectivity index (χ1v) is 8.85. The van der Waals surface area contributed by atoms with Gasteiger partial charge in [0.1, 0.15) is 0 Å². The van der Waals surface area contributed by atoms with Crippen molar-refractivity contribution in [3.63, 3.8) is 0 Å². The van der Waals surface area contributed by atoms with Gasteiger partial charge in [0.25, 0.3) is 0 Å². The fourth-order valence-electron chi connectivity index (χ4n) is 2.47. The third kappa shape index (κ3) is 3.83. The van der Waals surface area contributed by atoms with Crippen molar-refractivity contribution in [1.29, 1.82) is 0 Å². The predicted molar refractivity (Wildman–Crippen MR) is 99.6 cm³/mol. The second kappa shape index (κ2) is 7.67. The molecule has 0 atom stereocenters. The molecule has 0 unspecified atom stereocenters. The van der Waals surface area contributed by atoms with Gasteiger partial charge < -0.3 is 0 Å². The van der Waals surface area contributed by atoms with E-state index in [1.165, 1.54) is 10.6 Å². The highest BCUT2D eigenvalue weighted by atomic mass is 31.1. The van der Waals surface area contributed by atoms with Crippen LogP contribution in [0.3, 0.4) is 0 Å². The van der Waals surface area contributed by atoms with Gasteiger partial charge >= 0.3 is 0 Å². The van der Waals surface area contributed by atoms with Crippen molar-refractivity contribution < 1.29 is 4.79 Å². The molecule has 2 heteroatoms. The van der Waals surface area contributed by atoms with Crippen LogP contribution < -0.4 is 10.6 Å². The SMILES string of the molecule is O=C/C(=C\c1ccccc1)P(c1ccccc1)c1ccccc1. The number of benzene rings is 3. The lowest BCUT2D eigenvalue weighted by molar-refractivity contribution is -0.104. The third-order valence-electron chi connectivity index (χ3n) is 3.52. The lowest BCUT2D eigenvalue weighted by Crippen LogP contribution is -2.13. The molecule has 112 valence electrons. The lowest BCUT2D eigenvalue weighted by Gasteiger charge is -2.18. The number of rotatable bonds is 5. The Balaban J connectivity index is 2.11. The van der Waals surface area contributed by atoms with E-state index in [1.54, 1.807) is 0 Å². The first-order valence-electron chi connectivity index (χ1n) is 7.50. The number of carbonyl (C=O) groups is 1. The molecule has 0 heterocycles. The summed E-state index contributed by atoms with van der Waals surface area (Å²) in [5.41, 5.74) is 1.05. The molecule has 0 radical (unpaired) electrons. The van der Waals surface area contributed by atoms with Crippen LogP contribution in [0.5, 0.6) is 0 Å². The van der Waals surface area contributed by atoms with E-state index in [0.29, 0.717) is 0 Å². The van der Waals surface area contributed by atoms with Crippen molar-refractivity contribution in [1.82, 2.24) is 0 Å². The van der Waals surface area contributed by atoms with E-state index < -0.39 is 7.92 Å². The molecule has 1 nitrogen and oxygen atoms in total. The quantitative estimate of drug-likeness (QED) is 0.388. The maximum Gasteiger partial charge on any atom is 0.151 e.